The lowest BCUT2D eigenvalue weighted by Gasteiger charge is -2.15. The number of nitrogens with one attached hydrogen (secondary N) is 1. The van der Waals surface area contributed by atoms with Crippen molar-refractivity contribution < 1.29 is 4.92 Å². The number of thioether (sulfide) groups is 1. The van der Waals surface area contributed by atoms with E-state index in [2.05, 4.69) is 39.4 Å². The second-order valence-electron chi connectivity index (χ2n) is 4.01. The zero-order valence-corrected chi connectivity index (χ0v) is 13.0. The monoisotopic (exact) mass is 333 g/mol. The van der Waals surface area contributed by atoms with Crippen molar-refractivity contribution in [3.05, 3.63) is 26.3 Å². The Morgan fingerprint density at radius 2 is 2.33 bits per heavy atom. The largest absolute Gasteiger partial charge is 0.367 e. The fraction of sp³-hybridized carbons (Fsp3) is 0.545. The topological polar surface area (TPSA) is 68.1 Å². The van der Waals surface area contributed by atoms with Gasteiger partial charge in [0.25, 0.3) is 5.69 Å². The normalized spacial score (nSPS) is 12.2. The summed E-state index contributed by atoms with van der Waals surface area (Å²) in [5, 5.41) is 14.0. The van der Waals surface area contributed by atoms with Gasteiger partial charge in [0, 0.05) is 11.6 Å². The molecule has 1 aromatic rings. The summed E-state index contributed by atoms with van der Waals surface area (Å²) in [6, 6.07) is 0.280. The summed E-state index contributed by atoms with van der Waals surface area (Å²) in [6.45, 7) is 3.78. The Morgan fingerprint density at radius 3 is 2.89 bits per heavy atom. The SMILES string of the molecule is CSCCC(C)Nc1ncc([N+](=O)[O-])c(C)c1Br. The third-order valence-corrected chi connectivity index (χ3v) is 4.19. The van der Waals surface area contributed by atoms with Crippen LogP contribution in [-0.4, -0.2) is 28.0 Å². The molecule has 0 saturated heterocycles. The molecule has 0 radical (unpaired) electrons. The highest BCUT2D eigenvalue weighted by Crippen LogP contribution is 2.30. The molecule has 1 unspecified atom stereocenters. The average molecular weight is 334 g/mol. The molecule has 0 bridgehead atoms. The van der Waals surface area contributed by atoms with Gasteiger partial charge in [0.05, 0.1) is 9.40 Å². The standard InChI is InChI=1S/C11H16BrN3O2S/c1-7(4-5-18-3)14-11-10(12)8(2)9(6-13-11)15(16)17/h6-7H,4-5H2,1-3H3,(H,13,14). The predicted molar refractivity (Wildman–Crippen MR) is 79.4 cm³/mol. The van der Waals surface area contributed by atoms with Crippen molar-refractivity contribution in [3.8, 4) is 0 Å². The van der Waals surface area contributed by atoms with Gasteiger partial charge in [-0.25, -0.2) is 4.98 Å². The summed E-state index contributed by atoms with van der Waals surface area (Å²) in [4.78, 5) is 14.4. The Kier molecular flexibility index (Phi) is 5.87. The lowest BCUT2D eigenvalue weighted by molar-refractivity contribution is -0.385. The molecule has 7 heteroatoms. The summed E-state index contributed by atoms with van der Waals surface area (Å²) in [5.41, 5.74) is 0.624. The molecule has 1 atom stereocenters. The summed E-state index contributed by atoms with van der Waals surface area (Å²) in [7, 11) is 0. The van der Waals surface area contributed by atoms with Crippen LogP contribution in [0.4, 0.5) is 11.5 Å². The molecule has 0 aromatic carbocycles. The van der Waals surface area contributed by atoms with Crippen molar-refractivity contribution in [1.82, 2.24) is 4.98 Å². The molecule has 0 amide bonds. The minimum atomic E-state index is -0.423. The van der Waals surface area contributed by atoms with Gasteiger partial charge in [-0.1, -0.05) is 0 Å². The fourth-order valence-corrected chi connectivity index (χ4v) is 2.46. The maximum Gasteiger partial charge on any atom is 0.291 e. The molecule has 1 rings (SSSR count). The van der Waals surface area contributed by atoms with E-state index in [4.69, 9.17) is 0 Å². The van der Waals surface area contributed by atoms with E-state index in [9.17, 15) is 10.1 Å². The van der Waals surface area contributed by atoms with Gasteiger partial charge in [-0.3, -0.25) is 10.1 Å². The Morgan fingerprint density at radius 1 is 1.67 bits per heavy atom. The van der Waals surface area contributed by atoms with Crippen molar-refractivity contribution in [2.24, 2.45) is 0 Å². The summed E-state index contributed by atoms with van der Waals surface area (Å²) >= 11 is 5.15. The first-order valence-corrected chi connectivity index (χ1v) is 7.71. The number of hydrogen-bond acceptors (Lipinski definition) is 5. The van der Waals surface area contributed by atoms with Crippen LogP contribution in [0, 0.1) is 17.0 Å². The molecule has 0 saturated carbocycles. The summed E-state index contributed by atoms with van der Waals surface area (Å²) < 4.78 is 0.660. The highest BCUT2D eigenvalue weighted by atomic mass is 79.9. The quantitative estimate of drug-likeness (QED) is 0.636. The first kappa shape index (κ1) is 15.2. The van der Waals surface area contributed by atoms with Crippen molar-refractivity contribution in [2.45, 2.75) is 26.3 Å². The first-order chi connectivity index (χ1) is 8.47. The highest BCUT2D eigenvalue weighted by Gasteiger charge is 2.17. The molecule has 0 aliphatic heterocycles. The highest BCUT2D eigenvalue weighted by molar-refractivity contribution is 9.10. The van der Waals surface area contributed by atoms with E-state index in [0.717, 1.165) is 12.2 Å². The van der Waals surface area contributed by atoms with Gasteiger partial charge in [0.2, 0.25) is 0 Å². The van der Waals surface area contributed by atoms with E-state index in [0.29, 0.717) is 15.9 Å². The number of nitrogens with zero attached hydrogens (tertiary/aromatic N) is 2. The number of rotatable bonds is 6. The van der Waals surface area contributed by atoms with Crippen LogP contribution in [0.3, 0.4) is 0 Å². The molecule has 1 heterocycles. The molecule has 0 spiro atoms. The smallest absolute Gasteiger partial charge is 0.291 e. The fourth-order valence-electron chi connectivity index (χ4n) is 1.45. The maximum atomic E-state index is 10.8. The summed E-state index contributed by atoms with van der Waals surface area (Å²) in [6.07, 6.45) is 4.38. The molecule has 1 aromatic heterocycles. The van der Waals surface area contributed by atoms with Gasteiger partial charge in [0.15, 0.2) is 0 Å². The molecule has 0 aliphatic carbocycles. The van der Waals surface area contributed by atoms with Crippen LogP contribution in [0.5, 0.6) is 0 Å². The van der Waals surface area contributed by atoms with E-state index in [1.807, 2.05) is 0 Å². The van der Waals surface area contributed by atoms with Crippen LogP contribution < -0.4 is 5.32 Å². The zero-order valence-electron chi connectivity index (χ0n) is 10.6. The minimum Gasteiger partial charge on any atom is -0.367 e. The first-order valence-electron chi connectivity index (χ1n) is 5.52. The van der Waals surface area contributed by atoms with Gasteiger partial charge in [-0.15, -0.1) is 0 Å². The van der Waals surface area contributed by atoms with Crippen molar-refractivity contribution in [2.75, 3.05) is 17.3 Å². The van der Waals surface area contributed by atoms with Crippen molar-refractivity contribution >= 4 is 39.2 Å². The second-order valence-corrected chi connectivity index (χ2v) is 5.79. The molecule has 0 fully saturated rings. The maximum absolute atomic E-state index is 10.8. The minimum absolute atomic E-state index is 0.0317. The number of pyridine rings is 1. The summed E-state index contributed by atoms with van der Waals surface area (Å²) in [5.74, 6) is 1.73. The van der Waals surface area contributed by atoms with Crippen LogP contribution in [0.1, 0.15) is 18.9 Å². The molecule has 1 N–H and O–H groups in total. The van der Waals surface area contributed by atoms with Crippen LogP contribution in [-0.2, 0) is 0 Å². The lowest BCUT2D eigenvalue weighted by Crippen LogP contribution is -2.17. The van der Waals surface area contributed by atoms with E-state index < -0.39 is 4.92 Å². The van der Waals surface area contributed by atoms with Crippen LogP contribution >= 0.6 is 27.7 Å². The lowest BCUT2D eigenvalue weighted by atomic mass is 10.2. The Balaban J connectivity index is 2.85. The number of anilines is 1. The molecular formula is C11H16BrN3O2S. The Bertz CT molecular complexity index is 443. The molecule has 5 nitrogen and oxygen atoms in total. The number of halogens is 1. The predicted octanol–water partition coefficient (Wildman–Crippen LogP) is 3.61. The third-order valence-electron chi connectivity index (χ3n) is 2.57. The van der Waals surface area contributed by atoms with E-state index >= 15 is 0 Å². The Labute approximate surface area is 119 Å². The van der Waals surface area contributed by atoms with E-state index in [1.165, 1.54) is 6.20 Å². The number of nitro groups is 1. The van der Waals surface area contributed by atoms with Gasteiger partial charge in [-0.2, -0.15) is 11.8 Å². The molecular weight excluding hydrogens is 318 g/mol. The third kappa shape index (κ3) is 3.84. The van der Waals surface area contributed by atoms with Gasteiger partial charge in [0.1, 0.15) is 12.0 Å². The van der Waals surface area contributed by atoms with Crippen LogP contribution in [0.25, 0.3) is 0 Å². The molecule has 18 heavy (non-hydrogen) atoms. The average Bonchev–Trinajstić information content (AvgIpc) is 2.32. The van der Waals surface area contributed by atoms with E-state index in [-0.39, 0.29) is 11.7 Å². The number of hydrogen-bond donors (Lipinski definition) is 1. The van der Waals surface area contributed by atoms with Gasteiger partial charge in [-0.05, 0) is 48.2 Å². The molecule has 100 valence electrons. The van der Waals surface area contributed by atoms with Gasteiger partial charge >= 0.3 is 0 Å². The van der Waals surface area contributed by atoms with E-state index in [1.54, 1.807) is 18.7 Å². The van der Waals surface area contributed by atoms with Gasteiger partial charge < -0.3 is 5.32 Å². The zero-order chi connectivity index (χ0) is 13.7. The van der Waals surface area contributed by atoms with Crippen molar-refractivity contribution in [3.63, 3.8) is 0 Å². The second kappa shape index (κ2) is 6.94. The van der Waals surface area contributed by atoms with Crippen LogP contribution in [0.2, 0.25) is 0 Å². The Hall–Kier alpha value is -0.820. The number of aromatic nitrogens is 1. The molecule has 0 aliphatic rings. The van der Waals surface area contributed by atoms with Crippen molar-refractivity contribution in [1.29, 1.82) is 0 Å². The van der Waals surface area contributed by atoms with Crippen LogP contribution in [0.15, 0.2) is 10.7 Å².